The normalized spacial score (nSPS) is 13.1. The minimum atomic E-state index is -2.53. The number of carbonyl (C=O) groups excluding carboxylic acids is 2. The average Bonchev–Trinajstić information content (AvgIpc) is 3.55. The molecule has 0 radical (unpaired) electrons. The molecule has 4 rings (SSSR count). The van der Waals surface area contributed by atoms with E-state index in [1.54, 1.807) is 53.7 Å². The van der Waals surface area contributed by atoms with E-state index >= 15 is 0 Å². The number of carboxylic acid groups (broad SMARTS) is 1. The van der Waals surface area contributed by atoms with Gasteiger partial charge in [0.2, 0.25) is 12.8 Å². The lowest BCUT2D eigenvalue weighted by Crippen LogP contribution is -2.70. The lowest BCUT2D eigenvalue weighted by molar-refractivity contribution is -0.352. The van der Waals surface area contributed by atoms with E-state index in [1.165, 1.54) is 17.6 Å². The first kappa shape index (κ1) is 38.6. The van der Waals surface area contributed by atoms with Crippen molar-refractivity contribution in [2.24, 2.45) is 13.0 Å². The van der Waals surface area contributed by atoms with E-state index < -0.39 is 34.4 Å². The van der Waals surface area contributed by atoms with Crippen molar-refractivity contribution in [3.8, 4) is 28.6 Å². The van der Waals surface area contributed by atoms with Crippen LogP contribution in [-0.2, 0) is 37.7 Å². The number of nitrogens with zero attached hydrogens (tertiary/aromatic N) is 6. The molecule has 4 aromatic rings. The van der Waals surface area contributed by atoms with E-state index in [0.29, 0.717) is 21.4 Å². The number of hydrogen-bond acceptors (Lipinski definition) is 9. The van der Waals surface area contributed by atoms with Gasteiger partial charge in [0.1, 0.15) is 11.5 Å². The number of carboxylic acids is 1. The Morgan fingerprint density at radius 1 is 0.922 bits per heavy atom. The number of phenolic OH excluding ortho intramolecular Hbond substituents is 2. The zero-order valence-corrected chi connectivity index (χ0v) is 30.7. The molecule has 0 spiro atoms. The highest BCUT2D eigenvalue weighted by Crippen LogP contribution is 2.39. The summed E-state index contributed by atoms with van der Waals surface area (Å²) in [6.07, 6.45) is 2.11. The molecule has 0 aliphatic carbocycles. The molecule has 15 nitrogen and oxygen atoms in total. The standard InChI is InChI=1S/C36H48N6O9/c1-22(2)26-18-27(30(46)19-29(26)45)31-37-39(33(49)42(31)25-11-12-28-24(17-25)14-15-38(28)10)16-13-23(3)36(32(47)48,40(20-43)50-34(4,5)6)41(21-44)51-35(7,8)9/h11-12,14-15,17-23,45-46H,13,16H2,1-10H3,(H,47,48). The summed E-state index contributed by atoms with van der Waals surface area (Å²) in [7, 11) is 1.90. The number of rotatable bonds is 14. The number of fused-ring (bicyclic) bond motifs is 1. The van der Waals surface area contributed by atoms with Crippen LogP contribution >= 0.6 is 0 Å². The Bertz CT molecular complexity index is 1950. The fraction of sp³-hybridized carbons (Fsp3) is 0.472. The average molecular weight is 709 g/mol. The molecule has 3 N–H and O–H groups in total. The lowest BCUT2D eigenvalue weighted by Gasteiger charge is -2.48. The van der Waals surface area contributed by atoms with Crippen LogP contribution in [0.15, 0.2) is 47.4 Å². The maximum absolute atomic E-state index is 14.3. The van der Waals surface area contributed by atoms with Gasteiger partial charge in [-0.3, -0.25) is 19.3 Å². The van der Waals surface area contributed by atoms with Crippen LogP contribution in [0.5, 0.6) is 11.5 Å². The molecule has 0 bridgehead atoms. The third-order valence-electron chi connectivity index (χ3n) is 8.36. The summed E-state index contributed by atoms with van der Waals surface area (Å²) in [5.41, 5.74) is -3.19. The van der Waals surface area contributed by atoms with Gasteiger partial charge in [-0.1, -0.05) is 20.8 Å². The van der Waals surface area contributed by atoms with E-state index in [4.69, 9.17) is 9.68 Å². The Morgan fingerprint density at radius 2 is 1.51 bits per heavy atom. The number of phenols is 2. The van der Waals surface area contributed by atoms with Crippen molar-refractivity contribution < 1.29 is 39.4 Å². The summed E-state index contributed by atoms with van der Waals surface area (Å²) in [4.78, 5) is 64.3. The van der Waals surface area contributed by atoms with E-state index in [9.17, 15) is 34.5 Å². The van der Waals surface area contributed by atoms with E-state index in [-0.39, 0.29) is 54.6 Å². The Labute approximate surface area is 296 Å². The summed E-state index contributed by atoms with van der Waals surface area (Å²) < 4.78 is 4.39. The molecule has 0 saturated carbocycles. The van der Waals surface area contributed by atoms with Crippen molar-refractivity contribution in [1.29, 1.82) is 0 Å². The van der Waals surface area contributed by atoms with Crippen LogP contribution in [0.25, 0.3) is 28.0 Å². The van der Waals surface area contributed by atoms with Crippen molar-refractivity contribution >= 4 is 29.7 Å². The maximum atomic E-state index is 14.3. The predicted octanol–water partition coefficient (Wildman–Crippen LogP) is 4.91. The Kier molecular flexibility index (Phi) is 10.8. The number of benzene rings is 2. The number of aromatic hydroxyl groups is 2. The van der Waals surface area contributed by atoms with Gasteiger partial charge in [0, 0.05) is 42.7 Å². The zero-order valence-electron chi connectivity index (χ0n) is 30.7. The number of amides is 2. The molecule has 1 unspecified atom stereocenters. The van der Waals surface area contributed by atoms with Gasteiger partial charge >= 0.3 is 11.7 Å². The highest BCUT2D eigenvalue weighted by atomic mass is 16.7. The third kappa shape index (κ3) is 7.64. The summed E-state index contributed by atoms with van der Waals surface area (Å²) in [5, 5.41) is 39.0. The first-order chi connectivity index (χ1) is 23.7. The Hall–Kier alpha value is -5.15. The number of carbonyl (C=O) groups is 3. The number of aliphatic carboxylic acids is 1. The highest BCUT2D eigenvalue weighted by molar-refractivity contribution is 5.84. The predicted molar refractivity (Wildman–Crippen MR) is 189 cm³/mol. The molecule has 51 heavy (non-hydrogen) atoms. The van der Waals surface area contributed by atoms with Crippen LogP contribution in [0, 0.1) is 5.92 Å². The zero-order chi connectivity index (χ0) is 38.2. The van der Waals surface area contributed by atoms with Crippen molar-refractivity contribution in [1.82, 2.24) is 29.0 Å². The molecule has 0 fully saturated rings. The van der Waals surface area contributed by atoms with Crippen molar-refractivity contribution in [2.45, 2.75) is 98.1 Å². The molecular weight excluding hydrogens is 660 g/mol. The first-order valence-electron chi connectivity index (χ1n) is 16.6. The van der Waals surface area contributed by atoms with Gasteiger partial charge in [-0.05, 0) is 89.8 Å². The topological polar surface area (TPSA) is 182 Å². The largest absolute Gasteiger partial charge is 0.508 e. The molecule has 2 heterocycles. The first-order valence-corrected chi connectivity index (χ1v) is 16.6. The number of aromatic nitrogens is 4. The molecular formula is C36H48N6O9. The number of hydrogen-bond donors (Lipinski definition) is 3. The second-order valence-electron chi connectivity index (χ2n) is 14.9. The number of aryl methyl sites for hydroxylation is 2. The van der Waals surface area contributed by atoms with Gasteiger partial charge in [0.25, 0.3) is 5.66 Å². The number of hydroxylamine groups is 4. The minimum absolute atomic E-state index is 0.0722. The van der Waals surface area contributed by atoms with Crippen LogP contribution in [0.4, 0.5) is 0 Å². The molecule has 2 aromatic heterocycles. The second kappa shape index (κ2) is 14.2. The van der Waals surface area contributed by atoms with Crippen LogP contribution in [0.2, 0.25) is 0 Å². The summed E-state index contributed by atoms with van der Waals surface area (Å²) in [6.45, 7) is 14.7. The van der Waals surface area contributed by atoms with Gasteiger partial charge in [0.05, 0.1) is 22.5 Å². The molecule has 0 aliphatic rings. The van der Waals surface area contributed by atoms with E-state index in [2.05, 4.69) is 5.10 Å². The van der Waals surface area contributed by atoms with Crippen molar-refractivity contribution in [2.75, 3.05) is 0 Å². The van der Waals surface area contributed by atoms with Crippen molar-refractivity contribution in [3.63, 3.8) is 0 Å². The van der Waals surface area contributed by atoms with Gasteiger partial charge in [-0.2, -0.15) is 10.1 Å². The summed E-state index contributed by atoms with van der Waals surface area (Å²) in [6, 6.07) is 10.1. The van der Waals surface area contributed by atoms with Gasteiger partial charge in [-0.25, -0.2) is 18.8 Å². The molecule has 0 saturated heterocycles. The second-order valence-corrected chi connectivity index (χ2v) is 14.9. The van der Waals surface area contributed by atoms with Gasteiger partial charge < -0.3 is 19.9 Å². The third-order valence-corrected chi connectivity index (χ3v) is 8.36. The molecule has 1 atom stereocenters. The molecule has 0 aliphatic heterocycles. The fourth-order valence-corrected chi connectivity index (χ4v) is 5.99. The van der Waals surface area contributed by atoms with Crippen LogP contribution in [0.3, 0.4) is 0 Å². The van der Waals surface area contributed by atoms with E-state index in [1.807, 2.05) is 49.9 Å². The van der Waals surface area contributed by atoms with Crippen LogP contribution in [-0.4, -0.2) is 80.0 Å². The monoisotopic (exact) mass is 708 g/mol. The Balaban J connectivity index is 1.90. The summed E-state index contributed by atoms with van der Waals surface area (Å²) in [5.74, 6) is -3.24. The van der Waals surface area contributed by atoms with E-state index in [0.717, 1.165) is 15.6 Å². The van der Waals surface area contributed by atoms with Crippen molar-refractivity contribution in [3.05, 3.63) is 58.6 Å². The molecule has 2 amide bonds. The van der Waals surface area contributed by atoms with Gasteiger partial charge in [0.15, 0.2) is 5.82 Å². The lowest BCUT2D eigenvalue weighted by atomic mass is 9.90. The molecule has 15 heteroatoms. The quantitative estimate of drug-likeness (QED) is 0.0925. The summed E-state index contributed by atoms with van der Waals surface area (Å²) >= 11 is 0. The minimum Gasteiger partial charge on any atom is -0.508 e. The molecule has 2 aromatic carbocycles. The van der Waals surface area contributed by atoms with Gasteiger partial charge in [-0.15, -0.1) is 5.10 Å². The maximum Gasteiger partial charge on any atom is 0.355 e. The molecule has 276 valence electrons. The smallest absolute Gasteiger partial charge is 0.355 e. The SMILES string of the molecule is CC(C)c1cc(-c2nn(CCC(C)C(C(=O)O)(N(C=O)OC(C)(C)C)N(C=O)OC(C)(C)C)c(=O)n2-c2ccc3c(ccn3C)c2)c(O)cc1O. The Morgan fingerprint density at radius 3 is 2.02 bits per heavy atom. The van der Waals surface area contributed by atoms with Crippen LogP contribution < -0.4 is 5.69 Å². The van der Waals surface area contributed by atoms with Crippen LogP contribution in [0.1, 0.15) is 80.2 Å². The fourth-order valence-electron chi connectivity index (χ4n) is 5.99. The highest BCUT2D eigenvalue weighted by Gasteiger charge is 2.57.